The molecule has 132 valence electrons. The van der Waals surface area contributed by atoms with Crippen LogP contribution in [0, 0.1) is 0 Å². The second-order valence-corrected chi connectivity index (χ2v) is 7.59. The van der Waals surface area contributed by atoms with Crippen molar-refractivity contribution in [3.05, 3.63) is 83.4 Å². The maximum absolute atomic E-state index is 12.5. The summed E-state index contributed by atoms with van der Waals surface area (Å²) in [5.74, 6) is -1.29. The summed E-state index contributed by atoms with van der Waals surface area (Å²) < 4.78 is 27.4. The highest BCUT2D eigenvalue weighted by Gasteiger charge is 2.18. The van der Waals surface area contributed by atoms with Gasteiger partial charge in [0.05, 0.1) is 15.5 Å². The number of anilines is 1. The largest absolute Gasteiger partial charge is 0.478 e. The number of carbonyl (C=O) groups is 1. The van der Waals surface area contributed by atoms with Gasteiger partial charge in [-0.3, -0.25) is 4.72 Å². The SMILES string of the molecule is O=C(O)c1cc(S(=O)(=O)Nc2ccc(-c3ccccc3)cc2)ccc1Cl. The predicted molar refractivity (Wildman–Crippen MR) is 101 cm³/mol. The van der Waals surface area contributed by atoms with E-state index in [0.717, 1.165) is 17.2 Å². The molecule has 0 unspecified atom stereocenters. The molecule has 0 aliphatic carbocycles. The van der Waals surface area contributed by atoms with Crippen molar-refractivity contribution >= 4 is 33.3 Å². The molecular formula is C19H14ClNO4S. The summed E-state index contributed by atoms with van der Waals surface area (Å²) in [5, 5.41) is 9.06. The number of sulfonamides is 1. The van der Waals surface area contributed by atoms with Crippen molar-refractivity contribution < 1.29 is 18.3 Å². The van der Waals surface area contributed by atoms with Crippen LogP contribution in [0.2, 0.25) is 5.02 Å². The molecule has 0 atom stereocenters. The van der Waals surface area contributed by atoms with Gasteiger partial charge in [0.1, 0.15) is 0 Å². The molecule has 0 saturated carbocycles. The average molecular weight is 388 g/mol. The van der Waals surface area contributed by atoms with Crippen LogP contribution in [0.4, 0.5) is 5.69 Å². The highest BCUT2D eigenvalue weighted by molar-refractivity contribution is 7.92. The first kappa shape index (κ1) is 18.0. The minimum atomic E-state index is -3.94. The van der Waals surface area contributed by atoms with Crippen molar-refractivity contribution in [2.24, 2.45) is 0 Å². The number of hydrogen-bond donors (Lipinski definition) is 2. The van der Waals surface area contributed by atoms with Crippen LogP contribution in [0.3, 0.4) is 0 Å². The molecule has 26 heavy (non-hydrogen) atoms. The van der Waals surface area contributed by atoms with Gasteiger partial charge in [0.2, 0.25) is 0 Å². The van der Waals surface area contributed by atoms with E-state index in [1.165, 1.54) is 12.1 Å². The van der Waals surface area contributed by atoms with Crippen molar-refractivity contribution in [3.63, 3.8) is 0 Å². The maximum Gasteiger partial charge on any atom is 0.337 e. The zero-order valence-electron chi connectivity index (χ0n) is 13.4. The summed E-state index contributed by atoms with van der Waals surface area (Å²) in [6, 6.07) is 20.1. The molecule has 3 aromatic carbocycles. The van der Waals surface area contributed by atoms with E-state index in [0.29, 0.717) is 5.69 Å². The average Bonchev–Trinajstić information content (AvgIpc) is 2.62. The molecular weight excluding hydrogens is 374 g/mol. The second kappa shape index (κ2) is 7.19. The zero-order valence-corrected chi connectivity index (χ0v) is 15.0. The number of carboxylic acids is 1. The topological polar surface area (TPSA) is 83.5 Å². The van der Waals surface area contributed by atoms with Crippen molar-refractivity contribution in [1.29, 1.82) is 0 Å². The first-order valence-corrected chi connectivity index (χ1v) is 9.44. The van der Waals surface area contributed by atoms with Gasteiger partial charge in [0, 0.05) is 5.69 Å². The Labute approximate surface area is 155 Å². The van der Waals surface area contributed by atoms with Gasteiger partial charge in [-0.15, -0.1) is 0 Å². The Morgan fingerprint density at radius 2 is 1.50 bits per heavy atom. The molecule has 0 amide bonds. The van der Waals surface area contributed by atoms with Crippen LogP contribution in [0.15, 0.2) is 77.7 Å². The molecule has 3 rings (SSSR count). The number of aromatic carboxylic acids is 1. The minimum Gasteiger partial charge on any atom is -0.478 e. The first-order chi connectivity index (χ1) is 12.4. The van der Waals surface area contributed by atoms with E-state index in [9.17, 15) is 13.2 Å². The normalized spacial score (nSPS) is 11.1. The summed E-state index contributed by atoms with van der Waals surface area (Å²) in [6.45, 7) is 0. The molecule has 0 fully saturated rings. The Balaban J connectivity index is 1.86. The highest BCUT2D eigenvalue weighted by Crippen LogP contribution is 2.25. The zero-order chi connectivity index (χ0) is 18.7. The Hall–Kier alpha value is -2.83. The molecule has 5 nitrogen and oxygen atoms in total. The molecule has 0 radical (unpaired) electrons. The summed E-state index contributed by atoms with van der Waals surface area (Å²) in [7, 11) is -3.94. The van der Waals surface area contributed by atoms with Gasteiger partial charge in [0.15, 0.2) is 0 Å². The Bertz CT molecular complexity index is 1050. The number of benzene rings is 3. The van der Waals surface area contributed by atoms with Crippen LogP contribution >= 0.6 is 11.6 Å². The Morgan fingerprint density at radius 3 is 2.12 bits per heavy atom. The fourth-order valence-corrected chi connectivity index (χ4v) is 3.69. The van der Waals surface area contributed by atoms with Gasteiger partial charge in [-0.2, -0.15) is 0 Å². The number of carboxylic acid groups (broad SMARTS) is 1. The van der Waals surface area contributed by atoms with Crippen LogP contribution in [0.25, 0.3) is 11.1 Å². The van der Waals surface area contributed by atoms with E-state index in [1.807, 2.05) is 30.3 Å². The molecule has 0 spiro atoms. The van der Waals surface area contributed by atoms with E-state index in [2.05, 4.69) is 4.72 Å². The van der Waals surface area contributed by atoms with Crippen LogP contribution in [0.5, 0.6) is 0 Å². The molecule has 0 aliphatic heterocycles. The maximum atomic E-state index is 12.5. The first-order valence-electron chi connectivity index (χ1n) is 7.58. The van der Waals surface area contributed by atoms with Crippen LogP contribution in [0.1, 0.15) is 10.4 Å². The third kappa shape index (κ3) is 3.87. The van der Waals surface area contributed by atoms with Crippen LogP contribution in [-0.2, 0) is 10.0 Å². The molecule has 2 N–H and O–H groups in total. The number of nitrogens with one attached hydrogen (secondary N) is 1. The number of rotatable bonds is 5. The van der Waals surface area contributed by atoms with Gasteiger partial charge < -0.3 is 5.11 Å². The lowest BCUT2D eigenvalue weighted by Crippen LogP contribution is -2.14. The molecule has 0 heterocycles. The molecule has 3 aromatic rings. The van der Waals surface area contributed by atoms with Gasteiger partial charge in [0.25, 0.3) is 10.0 Å². The predicted octanol–water partition coefficient (Wildman–Crippen LogP) is 4.51. The summed E-state index contributed by atoms with van der Waals surface area (Å²) in [5.41, 5.74) is 2.07. The lowest BCUT2D eigenvalue weighted by Gasteiger charge is -2.10. The van der Waals surface area contributed by atoms with Crippen LogP contribution < -0.4 is 4.72 Å². The monoisotopic (exact) mass is 387 g/mol. The van der Waals surface area contributed by atoms with E-state index < -0.39 is 16.0 Å². The van der Waals surface area contributed by atoms with Gasteiger partial charge >= 0.3 is 5.97 Å². The number of halogens is 1. The minimum absolute atomic E-state index is 0.0244. The smallest absolute Gasteiger partial charge is 0.337 e. The van der Waals surface area contributed by atoms with E-state index >= 15 is 0 Å². The molecule has 0 saturated heterocycles. The molecule has 0 aliphatic rings. The fourth-order valence-electron chi connectivity index (χ4n) is 2.41. The highest BCUT2D eigenvalue weighted by atomic mass is 35.5. The van der Waals surface area contributed by atoms with Gasteiger partial charge in [-0.25, -0.2) is 13.2 Å². The summed E-state index contributed by atoms with van der Waals surface area (Å²) in [4.78, 5) is 11.0. The number of hydrogen-bond acceptors (Lipinski definition) is 3. The van der Waals surface area contributed by atoms with Crippen molar-refractivity contribution in [1.82, 2.24) is 0 Å². The van der Waals surface area contributed by atoms with Crippen LogP contribution in [-0.4, -0.2) is 19.5 Å². The lowest BCUT2D eigenvalue weighted by atomic mass is 10.1. The van der Waals surface area contributed by atoms with Crippen molar-refractivity contribution in [3.8, 4) is 11.1 Å². The lowest BCUT2D eigenvalue weighted by molar-refractivity contribution is 0.0697. The van der Waals surface area contributed by atoms with Gasteiger partial charge in [-0.1, -0.05) is 54.1 Å². The summed E-state index contributed by atoms with van der Waals surface area (Å²) >= 11 is 5.78. The quantitative estimate of drug-likeness (QED) is 0.674. The fraction of sp³-hybridized carbons (Fsp3) is 0. The van der Waals surface area contributed by atoms with Gasteiger partial charge in [-0.05, 0) is 41.5 Å². The second-order valence-electron chi connectivity index (χ2n) is 5.50. The summed E-state index contributed by atoms with van der Waals surface area (Å²) in [6.07, 6.45) is 0. The third-order valence-electron chi connectivity index (χ3n) is 3.72. The van der Waals surface area contributed by atoms with Crippen molar-refractivity contribution in [2.75, 3.05) is 4.72 Å². The van der Waals surface area contributed by atoms with E-state index in [4.69, 9.17) is 16.7 Å². The van der Waals surface area contributed by atoms with E-state index in [-0.39, 0.29) is 15.5 Å². The molecule has 0 aromatic heterocycles. The standard InChI is InChI=1S/C19H14ClNO4S/c20-18-11-10-16(12-17(18)19(22)23)26(24,25)21-15-8-6-14(7-9-15)13-4-2-1-3-5-13/h1-12,21H,(H,22,23). The molecule has 0 bridgehead atoms. The Kier molecular flexibility index (Phi) is 4.97. The van der Waals surface area contributed by atoms with E-state index in [1.54, 1.807) is 24.3 Å². The van der Waals surface area contributed by atoms with Crippen molar-refractivity contribution in [2.45, 2.75) is 4.90 Å². The third-order valence-corrected chi connectivity index (χ3v) is 5.43. The molecule has 7 heteroatoms. The Morgan fingerprint density at radius 1 is 0.885 bits per heavy atom.